The Bertz CT molecular complexity index is 302. The zero-order valence-corrected chi connectivity index (χ0v) is 11.8. The van der Waals surface area contributed by atoms with Gasteiger partial charge in [-0.05, 0) is 38.3 Å². The number of carboxylic acid groups (broad SMARTS) is 1. The predicted octanol–water partition coefficient (Wildman–Crippen LogP) is 0.881. The van der Waals surface area contributed by atoms with E-state index < -0.39 is 18.0 Å². The third kappa shape index (κ3) is 6.42. The minimum absolute atomic E-state index is 0.228. The standard InChI is InChI=1S/C13H25N3O3/c1-10(2)9-11(12(17)18)15-13(19)14-5-8-16-6-3-4-7-16/h10-11H,3-9H2,1-2H3,(H,17,18)(H2,14,15,19)/t11-/m0/s1. The van der Waals surface area contributed by atoms with Gasteiger partial charge in [0.1, 0.15) is 6.04 Å². The van der Waals surface area contributed by atoms with Crippen LogP contribution in [-0.4, -0.2) is 54.2 Å². The van der Waals surface area contributed by atoms with Gasteiger partial charge in [-0.2, -0.15) is 0 Å². The first-order chi connectivity index (χ1) is 8.99. The number of carbonyl (C=O) groups is 2. The van der Waals surface area contributed by atoms with E-state index in [-0.39, 0.29) is 5.92 Å². The molecular formula is C13H25N3O3. The minimum Gasteiger partial charge on any atom is -0.480 e. The van der Waals surface area contributed by atoms with Gasteiger partial charge in [0.15, 0.2) is 0 Å². The molecule has 6 nitrogen and oxygen atoms in total. The van der Waals surface area contributed by atoms with Crippen LogP contribution in [0, 0.1) is 5.92 Å². The lowest BCUT2D eigenvalue weighted by Crippen LogP contribution is -2.47. The smallest absolute Gasteiger partial charge is 0.326 e. The summed E-state index contributed by atoms with van der Waals surface area (Å²) in [5, 5.41) is 14.2. The SMILES string of the molecule is CC(C)C[C@H](NC(=O)NCCN1CCCC1)C(=O)O. The molecule has 0 saturated carbocycles. The van der Waals surface area contributed by atoms with Crippen molar-refractivity contribution in [3.8, 4) is 0 Å². The molecule has 0 aromatic rings. The van der Waals surface area contributed by atoms with E-state index >= 15 is 0 Å². The number of likely N-dealkylation sites (tertiary alicyclic amines) is 1. The molecule has 0 spiro atoms. The summed E-state index contributed by atoms with van der Waals surface area (Å²) in [5.74, 6) is -0.755. The van der Waals surface area contributed by atoms with Gasteiger partial charge in [0, 0.05) is 13.1 Å². The van der Waals surface area contributed by atoms with Crippen LogP contribution in [0.4, 0.5) is 4.79 Å². The van der Waals surface area contributed by atoms with Gasteiger partial charge >= 0.3 is 12.0 Å². The average Bonchev–Trinajstić information content (AvgIpc) is 2.80. The first kappa shape index (κ1) is 15.8. The van der Waals surface area contributed by atoms with Crippen LogP contribution in [0.2, 0.25) is 0 Å². The number of aliphatic carboxylic acids is 1. The Hall–Kier alpha value is -1.30. The normalized spacial score (nSPS) is 17.4. The number of rotatable bonds is 7. The molecule has 0 aliphatic carbocycles. The van der Waals surface area contributed by atoms with E-state index in [4.69, 9.17) is 5.11 Å². The number of amides is 2. The van der Waals surface area contributed by atoms with Crippen molar-refractivity contribution in [1.82, 2.24) is 15.5 Å². The highest BCUT2D eigenvalue weighted by Gasteiger charge is 2.20. The summed E-state index contributed by atoms with van der Waals surface area (Å²) in [7, 11) is 0. The maximum Gasteiger partial charge on any atom is 0.326 e. The quantitative estimate of drug-likeness (QED) is 0.642. The van der Waals surface area contributed by atoms with E-state index in [1.807, 2.05) is 13.8 Å². The van der Waals surface area contributed by atoms with Crippen LogP contribution in [0.3, 0.4) is 0 Å². The topological polar surface area (TPSA) is 81.7 Å². The number of hydrogen-bond acceptors (Lipinski definition) is 3. The highest BCUT2D eigenvalue weighted by molar-refractivity contribution is 5.82. The second-order valence-electron chi connectivity index (χ2n) is 5.47. The van der Waals surface area contributed by atoms with E-state index in [0.717, 1.165) is 19.6 Å². The lowest BCUT2D eigenvalue weighted by molar-refractivity contribution is -0.139. The molecule has 1 aliphatic heterocycles. The van der Waals surface area contributed by atoms with Crippen molar-refractivity contribution in [3.63, 3.8) is 0 Å². The van der Waals surface area contributed by atoms with Crippen LogP contribution in [0.1, 0.15) is 33.1 Å². The van der Waals surface area contributed by atoms with Crippen LogP contribution in [0.15, 0.2) is 0 Å². The molecule has 0 aromatic carbocycles. The summed E-state index contributed by atoms with van der Waals surface area (Å²) < 4.78 is 0. The molecule has 19 heavy (non-hydrogen) atoms. The van der Waals surface area contributed by atoms with Gasteiger partial charge < -0.3 is 20.6 Å². The van der Waals surface area contributed by atoms with Crippen molar-refractivity contribution in [2.75, 3.05) is 26.2 Å². The van der Waals surface area contributed by atoms with Crippen LogP contribution in [0.25, 0.3) is 0 Å². The fourth-order valence-electron chi connectivity index (χ4n) is 2.24. The van der Waals surface area contributed by atoms with Crippen LogP contribution in [-0.2, 0) is 4.79 Å². The molecule has 0 aromatic heterocycles. The monoisotopic (exact) mass is 271 g/mol. The van der Waals surface area contributed by atoms with E-state index in [9.17, 15) is 9.59 Å². The number of nitrogens with zero attached hydrogens (tertiary/aromatic N) is 1. The predicted molar refractivity (Wildman–Crippen MR) is 73.1 cm³/mol. The highest BCUT2D eigenvalue weighted by atomic mass is 16.4. The molecule has 1 heterocycles. The summed E-state index contributed by atoms with van der Waals surface area (Å²) in [4.78, 5) is 24.9. The fraction of sp³-hybridized carbons (Fsp3) is 0.846. The third-order valence-electron chi connectivity index (χ3n) is 3.22. The zero-order valence-electron chi connectivity index (χ0n) is 11.8. The Kier molecular flexibility index (Phi) is 6.62. The fourth-order valence-corrected chi connectivity index (χ4v) is 2.24. The van der Waals surface area contributed by atoms with Gasteiger partial charge in [-0.25, -0.2) is 9.59 Å². The minimum atomic E-state index is -0.983. The lowest BCUT2D eigenvalue weighted by Gasteiger charge is -2.18. The van der Waals surface area contributed by atoms with Gasteiger partial charge in [-0.15, -0.1) is 0 Å². The number of carbonyl (C=O) groups excluding carboxylic acids is 1. The Balaban J connectivity index is 2.21. The van der Waals surface area contributed by atoms with E-state index in [1.54, 1.807) is 0 Å². The summed E-state index contributed by atoms with van der Waals surface area (Å²) in [6, 6.07) is -1.21. The zero-order chi connectivity index (χ0) is 14.3. The second-order valence-corrected chi connectivity index (χ2v) is 5.47. The highest BCUT2D eigenvalue weighted by Crippen LogP contribution is 2.06. The van der Waals surface area contributed by atoms with E-state index in [2.05, 4.69) is 15.5 Å². The molecule has 3 N–H and O–H groups in total. The van der Waals surface area contributed by atoms with Gasteiger partial charge in [-0.3, -0.25) is 0 Å². The van der Waals surface area contributed by atoms with Crippen LogP contribution >= 0.6 is 0 Å². The first-order valence-electron chi connectivity index (χ1n) is 6.98. The molecule has 0 bridgehead atoms. The molecule has 1 saturated heterocycles. The maximum atomic E-state index is 11.6. The average molecular weight is 271 g/mol. The molecule has 0 radical (unpaired) electrons. The summed E-state index contributed by atoms with van der Waals surface area (Å²) in [6.07, 6.45) is 2.89. The molecule has 110 valence electrons. The van der Waals surface area contributed by atoms with E-state index in [1.165, 1.54) is 12.8 Å². The Morgan fingerprint density at radius 3 is 2.42 bits per heavy atom. The van der Waals surface area contributed by atoms with Gasteiger partial charge in [-0.1, -0.05) is 13.8 Å². The molecule has 1 rings (SSSR count). The molecule has 2 amide bonds. The van der Waals surface area contributed by atoms with Gasteiger partial charge in [0.25, 0.3) is 0 Å². The molecule has 0 unspecified atom stereocenters. The molecule has 1 fully saturated rings. The first-order valence-corrected chi connectivity index (χ1v) is 6.98. The largest absolute Gasteiger partial charge is 0.480 e. The van der Waals surface area contributed by atoms with Gasteiger partial charge in [0.2, 0.25) is 0 Å². The number of hydrogen-bond donors (Lipinski definition) is 3. The van der Waals surface area contributed by atoms with E-state index in [0.29, 0.717) is 13.0 Å². The molecular weight excluding hydrogens is 246 g/mol. The number of nitrogens with one attached hydrogen (secondary N) is 2. The number of urea groups is 1. The number of carboxylic acids is 1. The van der Waals surface area contributed by atoms with Crippen LogP contribution in [0.5, 0.6) is 0 Å². The van der Waals surface area contributed by atoms with Crippen molar-refractivity contribution >= 4 is 12.0 Å². The molecule has 1 atom stereocenters. The van der Waals surface area contributed by atoms with Crippen LogP contribution < -0.4 is 10.6 Å². The molecule has 6 heteroatoms. The van der Waals surface area contributed by atoms with Crippen molar-refractivity contribution < 1.29 is 14.7 Å². The Morgan fingerprint density at radius 2 is 1.89 bits per heavy atom. The van der Waals surface area contributed by atoms with Crippen molar-refractivity contribution in [1.29, 1.82) is 0 Å². The van der Waals surface area contributed by atoms with Crippen molar-refractivity contribution in [2.45, 2.75) is 39.2 Å². The van der Waals surface area contributed by atoms with Crippen molar-refractivity contribution in [2.24, 2.45) is 5.92 Å². The second kappa shape index (κ2) is 7.99. The lowest BCUT2D eigenvalue weighted by atomic mass is 10.0. The molecule has 1 aliphatic rings. The maximum absolute atomic E-state index is 11.6. The summed E-state index contributed by atoms with van der Waals surface area (Å²) in [6.45, 7) is 7.43. The van der Waals surface area contributed by atoms with Crippen molar-refractivity contribution in [3.05, 3.63) is 0 Å². The summed E-state index contributed by atoms with van der Waals surface area (Å²) in [5.41, 5.74) is 0. The Morgan fingerprint density at radius 1 is 1.26 bits per heavy atom. The van der Waals surface area contributed by atoms with Gasteiger partial charge in [0.05, 0.1) is 0 Å². The third-order valence-corrected chi connectivity index (χ3v) is 3.22. The Labute approximate surface area is 114 Å². The summed E-state index contributed by atoms with van der Waals surface area (Å²) >= 11 is 0.